The predicted octanol–water partition coefficient (Wildman–Crippen LogP) is 4.38. The molecule has 0 saturated heterocycles. The van der Waals surface area contributed by atoms with Crippen LogP contribution in [0.3, 0.4) is 0 Å². The van der Waals surface area contributed by atoms with Gasteiger partial charge in [-0.2, -0.15) is 5.26 Å². The van der Waals surface area contributed by atoms with E-state index in [1.807, 2.05) is 13.8 Å². The number of aromatic nitrogens is 1. The normalized spacial score (nSPS) is 11.7. The van der Waals surface area contributed by atoms with Gasteiger partial charge in [0.1, 0.15) is 36.0 Å². The van der Waals surface area contributed by atoms with Crippen molar-refractivity contribution in [1.82, 2.24) is 15.2 Å². The van der Waals surface area contributed by atoms with E-state index in [4.69, 9.17) is 21.1 Å². The first-order valence-corrected chi connectivity index (χ1v) is 11.6. The molecule has 10 heteroatoms. The highest BCUT2D eigenvalue weighted by Crippen LogP contribution is 2.35. The Kier molecular flexibility index (Phi) is 9.09. The first-order valence-electron chi connectivity index (χ1n) is 11.2. The van der Waals surface area contributed by atoms with Gasteiger partial charge in [0.05, 0.1) is 21.8 Å². The zero-order valence-corrected chi connectivity index (χ0v) is 20.6. The van der Waals surface area contributed by atoms with E-state index in [0.717, 1.165) is 13.1 Å². The fourth-order valence-electron chi connectivity index (χ4n) is 3.44. The highest BCUT2D eigenvalue weighted by molar-refractivity contribution is 6.33. The van der Waals surface area contributed by atoms with E-state index in [2.05, 4.69) is 26.6 Å². The fourth-order valence-corrected chi connectivity index (χ4v) is 3.65. The summed E-state index contributed by atoms with van der Waals surface area (Å²) in [5.41, 5.74) is 1.31. The number of anilines is 1. The lowest BCUT2D eigenvalue weighted by Crippen LogP contribution is -2.35. The summed E-state index contributed by atoms with van der Waals surface area (Å²) in [4.78, 5) is 18.0. The van der Waals surface area contributed by atoms with Gasteiger partial charge < -0.3 is 30.1 Å². The molecule has 2 aromatic carbocycles. The number of hydrogen-bond acceptors (Lipinski definition) is 7. The number of halogens is 1. The van der Waals surface area contributed by atoms with Gasteiger partial charge in [-0.25, -0.2) is 4.79 Å². The smallest absolute Gasteiger partial charge is 0.319 e. The second-order valence-corrected chi connectivity index (χ2v) is 8.09. The SMILES string of the molecule is CCN(CC)C[C@H](O)COc1cc2nccc(Oc3ccc(NC(=O)NC)c(Cl)c3)c2cc1C#N. The summed E-state index contributed by atoms with van der Waals surface area (Å²) < 4.78 is 11.8. The van der Waals surface area contributed by atoms with Gasteiger partial charge in [-0.15, -0.1) is 0 Å². The van der Waals surface area contributed by atoms with Gasteiger partial charge in [-0.1, -0.05) is 25.4 Å². The molecule has 1 heterocycles. The Morgan fingerprint density at radius 3 is 2.66 bits per heavy atom. The molecule has 9 nitrogen and oxygen atoms in total. The number of carbonyl (C=O) groups is 1. The van der Waals surface area contributed by atoms with E-state index >= 15 is 0 Å². The summed E-state index contributed by atoms with van der Waals surface area (Å²) in [6.45, 7) is 6.27. The van der Waals surface area contributed by atoms with Crippen molar-refractivity contribution in [3.05, 3.63) is 53.2 Å². The Bertz CT molecular complexity index is 1230. The van der Waals surface area contributed by atoms with Crippen LogP contribution >= 0.6 is 11.6 Å². The maximum absolute atomic E-state index is 11.5. The Morgan fingerprint density at radius 1 is 1.23 bits per heavy atom. The van der Waals surface area contributed by atoms with Crippen molar-refractivity contribution < 1.29 is 19.4 Å². The molecule has 184 valence electrons. The van der Waals surface area contributed by atoms with Crippen LogP contribution in [0.4, 0.5) is 10.5 Å². The van der Waals surface area contributed by atoms with Crippen molar-refractivity contribution in [2.45, 2.75) is 20.0 Å². The van der Waals surface area contributed by atoms with E-state index in [9.17, 15) is 15.2 Å². The number of ether oxygens (including phenoxy) is 2. The first-order chi connectivity index (χ1) is 16.9. The molecule has 3 N–H and O–H groups in total. The van der Waals surface area contributed by atoms with Gasteiger partial charge in [0.2, 0.25) is 0 Å². The number of nitriles is 1. The molecule has 0 aliphatic carbocycles. The van der Waals surface area contributed by atoms with Crippen molar-refractivity contribution in [2.75, 3.05) is 38.6 Å². The number of aliphatic hydroxyl groups excluding tert-OH is 1. The number of aliphatic hydroxyl groups is 1. The zero-order valence-electron chi connectivity index (χ0n) is 19.8. The molecule has 35 heavy (non-hydrogen) atoms. The van der Waals surface area contributed by atoms with Crippen LogP contribution < -0.4 is 20.1 Å². The number of nitrogens with one attached hydrogen (secondary N) is 2. The zero-order chi connectivity index (χ0) is 25.4. The lowest BCUT2D eigenvalue weighted by molar-refractivity contribution is 0.0716. The van der Waals surface area contributed by atoms with Crippen molar-refractivity contribution in [3.63, 3.8) is 0 Å². The number of urea groups is 1. The highest BCUT2D eigenvalue weighted by atomic mass is 35.5. The topological polar surface area (TPSA) is 120 Å². The van der Waals surface area contributed by atoms with Crippen LogP contribution in [-0.4, -0.2) is 60.4 Å². The lowest BCUT2D eigenvalue weighted by atomic mass is 10.1. The molecule has 0 spiro atoms. The minimum Gasteiger partial charge on any atom is -0.489 e. The van der Waals surface area contributed by atoms with E-state index in [1.165, 1.54) is 7.05 Å². The van der Waals surface area contributed by atoms with Crippen molar-refractivity contribution in [2.24, 2.45) is 0 Å². The van der Waals surface area contributed by atoms with Gasteiger partial charge >= 0.3 is 6.03 Å². The summed E-state index contributed by atoms with van der Waals surface area (Å²) in [5.74, 6) is 1.27. The Morgan fingerprint density at radius 2 is 2.00 bits per heavy atom. The number of rotatable bonds is 10. The Hall–Kier alpha value is -3.58. The first kappa shape index (κ1) is 26.0. The van der Waals surface area contributed by atoms with Gasteiger partial charge in [0, 0.05) is 37.3 Å². The Labute approximate surface area is 209 Å². The minimum atomic E-state index is -0.689. The average Bonchev–Trinajstić information content (AvgIpc) is 2.87. The van der Waals surface area contributed by atoms with Crippen molar-refractivity contribution in [3.8, 4) is 23.3 Å². The molecule has 0 aliphatic rings. The maximum Gasteiger partial charge on any atom is 0.319 e. The van der Waals surface area contributed by atoms with E-state index in [0.29, 0.717) is 51.0 Å². The van der Waals surface area contributed by atoms with E-state index < -0.39 is 6.10 Å². The average molecular weight is 498 g/mol. The molecule has 0 aliphatic heterocycles. The summed E-state index contributed by atoms with van der Waals surface area (Å²) in [6.07, 6.45) is 0.900. The third kappa shape index (κ3) is 6.73. The lowest BCUT2D eigenvalue weighted by Gasteiger charge is -2.22. The minimum absolute atomic E-state index is 0.0574. The van der Waals surface area contributed by atoms with Crippen molar-refractivity contribution in [1.29, 1.82) is 5.26 Å². The molecule has 0 radical (unpaired) electrons. The number of hydrogen-bond donors (Lipinski definition) is 3. The number of amides is 2. The second-order valence-electron chi connectivity index (χ2n) is 7.68. The maximum atomic E-state index is 11.5. The molecule has 3 aromatic rings. The summed E-state index contributed by atoms with van der Waals surface area (Å²) >= 11 is 6.28. The molecule has 1 atom stereocenters. The van der Waals surface area contributed by atoms with E-state index in [1.54, 1.807) is 42.6 Å². The number of carbonyl (C=O) groups excluding carboxylic acids is 1. The fraction of sp³-hybridized carbons (Fsp3) is 0.320. The summed E-state index contributed by atoms with van der Waals surface area (Å²) in [5, 5.41) is 26.0. The van der Waals surface area contributed by atoms with Gasteiger partial charge in [-0.3, -0.25) is 4.98 Å². The molecular weight excluding hydrogens is 470 g/mol. The molecular formula is C25H28ClN5O4. The van der Waals surface area contributed by atoms with Crippen LogP contribution in [0.1, 0.15) is 19.4 Å². The third-order valence-electron chi connectivity index (χ3n) is 5.36. The molecule has 0 saturated carbocycles. The van der Waals surface area contributed by atoms with Gasteiger partial charge in [0.25, 0.3) is 0 Å². The standard InChI is InChI=1S/C25H28ClN5O4/c1-4-31(5-2)14-17(32)15-34-24-12-22-19(10-16(24)13-27)23(8-9-29-22)35-18-6-7-21(20(26)11-18)30-25(33)28-3/h6-12,17,32H,4-5,14-15H2,1-3H3,(H2,28,30,33)/t17-/m0/s1. The van der Waals surface area contributed by atoms with Crippen LogP contribution in [0.15, 0.2) is 42.6 Å². The van der Waals surface area contributed by atoms with E-state index in [-0.39, 0.29) is 12.6 Å². The number of pyridine rings is 1. The number of likely N-dealkylation sites (N-methyl/N-ethyl adjacent to an activating group) is 1. The second kappa shape index (κ2) is 12.2. The van der Waals surface area contributed by atoms with Gasteiger partial charge in [0.15, 0.2) is 0 Å². The number of benzene rings is 2. The quantitative estimate of drug-likeness (QED) is 0.380. The van der Waals surface area contributed by atoms with Crippen LogP contribution in [0.25, 0.3) is 10.9 Å². The molecule has 1 aromatic heterocycles. The van der Waals surface area contributed by atoms with Crippen LogP contribution in [0.5, 0.6) is 17.2 Å². The number of fused-ring (bicyclic) bond motifs is 1. The van der Waals surface area contributed by atoms with Crippen molar-refractivity contribution >= 4 is 34.2 Å². The molecule has 3 rings (SSSR count). The van der Waals surface area contributed by atoms with Crippen LogP contribution in [0.2, 0.25) is 5.02 Å². The third-order valence-corrected chi connectivity index (χ3v) is 5.67. The monoisotopic (exact) mass is 497 g/mol. The van der Waals surface area contributed by atoms with Gasteiger partial charge in [-0.05, 0) is 37.4 Å². The van der Waals surface area contributed by atoms with Crippen LogP contribution in [-0.2, 0) is 0 Å². The van der Waals surface area contributed by atoms with Crippen LogP contribution in [0, 0.1) is 11.3 Å². The largest absolute Gasteiger partial charge is 0.489 e. The molecule has 0 bridgehead atoms. The predicted molar refractivity (Wildman–Crippen MR) is 135 cm³/mol. The summed E-state index contributed by atoms with van der Waals surface area (Å²) in [7, 11) is 1.51. The Balaban J connectivity index is 1.81. The highest BCUT2D eigenvalue weighted by Gasteiger charge is 2.15. The molecule has 0 fully saturated rings. The molecule has 0 unspecified atom stereocenters. The number of nitrogens with zero attached hydrogens (tertiary/aromatic N) is 3. The summed E-state index contributed by atoms with van der Waals surface area (Å²) in [6, 6.07) is 11.6. The molecule has 2 amide bonds.